The van der Waals surface area contributed by atoms with E-state index in [0.717, 1.165) is 19.5 Å². The van der Waals surface area contributed by atoms with Gasteiger partial charge in [-0.2, -0.15) is 0 Å². The number of carbonyl (C=O) groups is 1. The van der Waals surface area contributed by atoms with Crippen LogP contribution in [-0.4, -0.2) is 25.0 Å². The zero-order chi connectivity index (χ0) is 13.1. The first-order valence-electron chi connectivity index (χ1n) is 6.04. The van der Waals surface area contributed by atoms with Crippen LogP contribution in [0.2, 0.25) is 0 Å². The first-order valence-corrected chi connectivity index (χ1v) is 6.84. The highest BCUT2D eigenvalue weighted by atomic mass is 79.9. The molecule has 1 amide bonds. The second-order valence-corrected chi connectivity index (χ2v) is 5.53. The van der Waals surface area contributed by atoms with Crippen LogP contribution >= 0.6 is 15.9 Å². The van der Waals surface area contributed by atoms with Crippen molar-refractivity contribution in [3.8, 4) is 0 Å². The lowest BCUT2D eigenvalue weighted by Gasteiger charge is -2.30. The molecule has 3 nitrogen and oxygen atoms in total. The Kier molecular flexibility index (Phi) is 4.35. The molecule has 1 aliphatic rings. The molecule has 1 aliphatic heterocycles. The van der Waals surface area contributed by atoms with Gasteiger partial charge in [0.15, 0.2) is 0 Å². The second-order valence-electron chi connectivity index (χ2n) is 4.68. The van der Waals surface area contributed by atoms with Crippen molar-refractivity contribution < 1.29 is 9.18 Å². The molecule has 1 heterocycles. The summed E-state index contributed by atoms with van der Waals surface area (Å²) in [4.78, 5) is 12.0. The van der Waals surface area contributed by atoms with E-state index in [1.807, 2.05) is 0 Å². The summed E-state index contributed by atoms with van der Waals surface area (Å²) in [6, 6.07) is 4.58. The lowest BCUT2D eigenvalue weighted by molar-refractivity contribution is 0.0913. The van der Waals surface area contributed by atoms with E-state index >= 15 is 0 Å². The molecular weight excluding hydrogens is 299 g/mol. The number of nitrogens with one attached hydrogen (secondary N) is 2. The van der Waals surface area contributed by atoms with Crippen LogP contribution in [0.4, 0.5) is 4.39 Å². The molecule has 2 unspecified atom stereocenters. The van der Waals surface area contributed by atoms with Crippen molar-refractivity contribution >= 4 is 21.8 Å². The van der Waals surface area contributed by atoms with Crippen molar-refractivity contribution in [2.24, 2.45) is 5.92 Å². The number of benzene rings is 1. The van der Waals surface area contributed by atoms with Gasteiger partial charge >= 0.3 is 0 Å². The predicted octanol–water partition coefficient (Wildman–Crippen LogP) is 2.32. The van der Waals surface area contributed by atoms with Gasteiger partial charge in [-0.1, -0.05) is 6.92 Å². The fraction of sp³-hybridized carbons (Fsp3) is 0.462. The third kappa shape index (κ3) is 3.09. The number of rotatable bonds is 2. The van der Waals surface area contributed by atoms with Crippen LogP contribution in [0.5, 0.6) is 0 Å². The Labute approximate surface area is 114 Å². The van der Waals surface area contributed by atoms with Crippen molar-refractivity contribution in [3.05, 3.63) is 34.1 Å². The van der Waals surface area contributed by atoms with Crippen molar-refractivity contribution in [1.82, 2.24) is 10.6 Å². The molecule has 2 N–H and O–H groups in total. The number of piperidine rings is 1. The summed E-state index contributed by atoms with van der Waals surface area (Å²) in [5.74, 6) is -0.232. The van der Waals surface area contributed by atoms with Crippen molar-refractivity contribution in [3.63, 3.8) is 0 Å². The molecule has 1 aromatic carbocycles. The Balaban J connectivity index is 2.04. The maximum absolute atomic E-state index is 13.4. The van der Waals surface area contributed by atoms with Crippen LogP contribution in [-0.2, 0) is 0 Å². The van der Waals surface area contributed by atoms with E-state index in [0.29, 0.717) is 16.0 Å². The van der Waals surface area contributed by atoms with Crippen molar-refractivity contribution in [2.75, 3.05) is 13.1 Å². The van der Waals surface area contributed by atoms with E-state index in [2.05, 4.69) is 33.5 Å². The smallest absolute Gasteiger partial charge is 0.251 e. The predicted molar refractivity (Wildman–Crippen MR) is 72.0 cm³/mol. The quantitative estimate of drug-likeness (QED) is 0.879. The van der Waals surface area contributed by atoms with E-state index in [-0.39, 0.29) is 11.9 Å². The van der Waals surface area contributed by atoms with E-state index < -0.39 is 5.82 Å². The molecule has 1 saturated heterocycles. The number of carbonyl (C=O) groups excluding carboxylic acids is 1. The highest BCUT2D eigenvalue weighted by Crippen LogP contribution is 2.17. The molecule has 5 heteroatoms. The molecule has 0 aliphatic carbocycles. The number of halogens is 2. The van der Waals surface area contributed by atoms with E-state index in [1.54, 1.807) is 12.1 Å². The van der Waals surface area contributed by atoms with Gasteiger partial charge in [0.1, 0.15) is 5.82 Å². The van der Waals surface area contributed by atoms with E-state index in [9.17, 15) is 9.18 Å². The normalized spacial score (nSPS) is 23.7. The molecule has 1 aromatic rings. The average molecular weight is 315 g/mol. The van der Waals surface area contributed by atoms with Crippen LogP contribution in [0.1, 0.15) is 23.7 Å². The van der Waals surface area contributed by atoms with Gasteiger partial charge in [-0.3, -0.25) is 4.79 Å². The van der Waals surface area contributed by atoms with Crippen LogP contribution < -0.4 is 10.6 Å². The maximum Gasteiger partial charge on any atom is 0.251 e. The van der Waals surface area contributed by atoms with Gasteiger partial charge in [-0.05, 0) is 59.6 Å². The molecule has 0 saturated carbocycles. The minimum absolute atomic E-state index is 0.158. The SMILES string of the molecule is CC1CNCCC1NC(=O)c1ccc(Br)c(F)c1. The molecule has 0 aromatic heterocycles. The van der Waals surface area contributed by atoms with Crippen LogP contribution in [0.15, 0.2) is 22.7 Å². The third-order valence-corrected chi connectivity index (χ3v) is 3.93. The molecular formula is C13H16BrFN2O. The number of hydrogen-bond acceptors (Lipinski definition) is 2. The van der Waals surface area contributed by atoms with Gasteiger partial charge in [0.2, 0.25) is 0 Å². The van der Waals surface area contributed by atoms with Gasteiger partial charge < -0.3 is 10.6 Å². The Bertz CT molecular complexity index is 453. The fourth-order valence-electron chi connectivity index (χ4n) is 2.12. The molecule has 1 fully saturated rings. The van der Waals surface area contributed by atoms with Crippen LogP contribution in [0.3, 0.4) is 0 Å². The van der Waals surface area contributed by atoms with Gasteiger partial charge in [0.25, 0.3) is 5.91 Å². The topological polar surface area (TPSA) is 41.1 Å². The molecule has 2 atom stereocenters. The first kappa shape index (κ1) is 13.5. The molecule has 0 spiro atoms. The zero-order valence-electron chi connectivity index (χ0n) is 10.2. The number of amides is 1. The molecule has 18 heavy (non-hydrogen) atoms. The Morgan fingerprint density at radius 1 is 1.56 bits per heavy atom. The van der Waals surface area contributed by atoms with Crippen LogP contribution in [0.25, 0.3) is 0 Å². The summed E-state index contributed by atoms with van der Waals surface area (Å²) in [6.07, 6.45) is 0.909. The van der Waals surface area contributed by atoms with Gasteiger partial charge in [-0.15, -0.1) is 0 Å². The minimum Gasteiger partial charge on any atom is -0.349 e. The van der Waals surface area contributed by atoms with Crippen LogP contribution in [0, 0.1) is 11.7 Å². The standard InChI is InChI=1S/C13H16BrFN2O/c1-8-7-16-5-4-12(8)17-13(18)9-2-3-10(14)11(15)6-9/h2-3,6,8,12,16H,4-5,7H2,1H3,(H,17,18). The summed E-state index contributed by atoms with van der Waals surface area (Å²) in [5.41, 5.74) is 0.362. The van der Waals surface area contributed by atoms with Gasteiger partial charge in [0.05, 0.1) is 4.47 Å². The summed E-state index contributed by atoms with van der Waals surface area (Å²) in [7, 11) is 0. The van der Waals surface area contributed by atoms with Gasteiger partial charge in [0, 0.05) is 11.6 Å². The number of hydrogen-bond donors (Lipinski definition) is 2. The Hall–Kier alpha value is -0.940. The zero-order valence-corrected chi connectivity index (χ0v) is 11.8. The van der Waals surface area contributed by atoms with Crippen molar-refractivity contribution in [1.29, 1.82) is 0 Å². The van der Waals surface area contributed by atoms with E-state index in [1.165, 1.54) is 6.07 Å². The minimum atomic E-state index is -0.416. The fourth-order valence-corrected chi connectivity index (χ4v) is 2.36. The third-order valence-electron chi connectivity index (χ3n) is 3.28. The molecule has 0 radical (unpaired) electrons. The highest BCUT2D eigenvalue weighted by molar-refractivity contribution is 9.10. The summed E-state index contributed by atoms with van der Waals surface area (Å²) < 4.78 is 13.7. The van der Waals surface area contributed by atoms with E-state index in [4.69, 9.17) is 0 Å². The first-order chi connectivity index (χ1) is 8.58. The van der Waals surface area contributed by atoms with Crippen molar-refractivity contribution in [2.45, 2.75) is 19.4 Å². The average Bonchev–Trinajstić information content (AvgIpc) is 2.35. The Morgan fingerprint density at radius 2 is 2.33 bits per heavy atom. The summed E-state index contributed by atoms with van der Waals surface area (Å²) in [5, 5.41) is 6.25. The lowest BCUT2D eigenvalue weighted by Crippen LogP contribution is -2.48. The van der Waals surface area contributed by atoms with Gasteiger partial charge in [-0.25, -0.2) is 4.39 Å². The highest BCUT2D eigenvalue weighted by Gasteiger charge is 2.23. The summed E-state index contributed by atoms with van der Waals surface area (Å²) >= 11 is 3.07. The largest absolute Gasteiger partial charge is 0.349 e. The molecule has 98 valence electrons. The molecule has 0 bridgehead atoms. The Morgan fingerprint density at radius 3 is 3.00 bits per heavy atom. The monoisotopic (exact) mass is 314 g/mol. The molecule has 2 rings (SSSR count). The second kappa shape index (κ2) is 5.80. The maximum atomic E-state index is 13.4. The summed E-state index contributed by atoms with van der Waals surface area (Å²) in [6.45, 7) is 3.91. The lowest BCUT2D eigenvalue weighted by atomic mass is 9.95.